The summed E-state index contributed by atoms with van der Waals surface area (Å²) in [5.41, 5.74) is 6.09. The molecule has 0 aromatic heterocycles. The van der Waals surface area contributed by atoms with Gasteiger partial charge < -0.3 is 0 Å². The highest BCUT2D eigenvalue weighted by molar-refractivity contribution is 7.89. The number of hydrogen-bond donors (Lipinski definition) is 3. The maximum Gasteiger partial charge on any atom is 0.269 e. The van der Waals surface area contributed by atoms with E-state index in [0.717, 1.165) is 5.56 Å². The van der Waals surface area contributed by atoms with Crippen molar-refractivity contribution in [2.45, 2.75) is 51.0 Å². The largest absolute Gasteiger partial charge is 0.271 e. The Labute approximate surface area is 178 Å². The van der Waals surface area contributed by atoms with E-state index in [1.807, 2.05) is 12.1 Å². The molecule has 0 heterocycles. The summed E-state index contributed by atoms with van der Waals surface area (Å²) < 4.78 is 27.5. The number of carbonyl (C=O) groups is 2. The maximum absolute atomic E-state index is 12.6. The SMILES string of the molecule is CC(C)[C@H](NS(=O)(=O)c1ccccc1)C(=O)NNC(=O)c1ccc(C(C)(C)C)cc1. The van der Waals surface area contributed by atoms with Gasteiger partial charge in [-0.15, -0.1) is 0 Å². The van der Waals surface area contributed by atoms with Crippen molar-refractivity contribution in [3.8, 4) is 0 Å². The zero-order chi connectivity index (χ0) is 22.5. The van der Waals surface area contributed by atoms with E-state index in [9.17, 15) is 18.0 Å². The number of hydrogen-bond acceptors (Lipinski definition) is 4. The van der Waals surface area contributed by atoms with Crippen LogP contribution in [-0.2, 0) is 20.2 Å². The molecule has 2 amide bonds. The molecule has 0 saturated heterocycles. The summed E-state index contributed by atoms with van der Waals surface area (Å²) in [6.45, 7) is 9.65. The van der Waals surface area contributed by atoms with E-state index >= 15 is 0 Å². The molecule has 0 unspecified atom stereocenters. The average Bonchev–Trinajstić information content (AvgIpc) is 2.70. The average molecular weight is 432 g/mol. The number of benzene rings is 2. The molecule has 2 rings (SSSR count). The quantitative estimate of drug-likeness (QED) is 0.612. The van der Waals surface area contributed by atoms with E-state index < -0.39 is 27.9 Å². The van der Waals surface area contributed by atoms with Crippen LogP contribution in [0.5, 0.6) is 0 Å². The fourth-order valence-electron chi connectivity index (χ4n) is 2.72. The monoisotopic (exact) mass is 431 g/mol. The van der Waals surface area contributed by atoms with Crippen LogP contribution in [0.1, 0.15) is 50.5 Å². The van der Waals surface area contributed by atoms with Gasteiger partial charge in [0.05, 0.1) is 4.90 Å². The lowest BCUT2D eigenvalue weighted by molar-refractivity contribution is -0.124. The molecule has 0 radical (unpaired) electrons. The van der Waals surface area contributed by atoms with Gasteiger partial charge in [0.25, 0.3) is 11.8 Å². The Bertz CT molecular complexity index is 979. The molecule has 0 fully saturated rings. The van der Waals surface area contributed by atoms with E-state index in [2.05, 4.69) is 36.3 Å². The Morgan fingerprint density at radius 1 is 0.867 bits per heavy atom. The minimum Gasteiger partial charge on any atom is -0.271 e. The third-order valence-corrected chi connectivity index (χ3v) is 6.05. The first-order valence-corrected chi connectivity index (χ1v) is 11.2. The molecule has 8 heteroatoms. The third kappa shape index (κ3) is 6.14. The minimum absolute atomic E-state index is 0.0381. The van der Waals surface area contributed by atoms with E-state index in [-0.39, 0.29) is 16.2 Å². The third-order valence-electron chi connectivity index (χ3n) is 4.60. The highest BCUT2D eigenvalue weighted by Gasteiger charge is 2.28. The Morgan fingerprint density at radius 3 is 1.93 bits per heavy atom. The van der Waals surface area contributed by atoms with Crippen molar-refractivity contribution in [2.75, 3.05) is 0 Å². The van der Waals surface area contributed by atoms with E-state index in [1.165, 1.54) is 12.1 Å². The van der Waals surface area contributed by atoms with Gasteiger partial charge in [-0.2, -0.15) is 4.72 Å². The predicted octanol–water partition coefficient (Wildman–Crippen LogP) is 2.75. The lowest BCUT2D eigenvalue weighted by Gasteiger charge is -2.22. The number of nitrogens with one attached hydrogen (secondary N) is 3. The summed E-state index contributed by atoms with van der Waals surface area (Å²) in [7, 11) is -3.88. The lowest BCUT2D eigenvalue weighted by Crippen LogP contribution is -2.54. The van der Waals surface area contributed by atoms with Gasteiger partial charge in [-0.05, 0) is 41.2 Å². The van der Waals surface area contributed by atoms with Crippen LogP contribution in [0.25, 0.3) is 0 Å². The lowest BCUT2D eigenvalue weighted by atomic mass is 9.87. The molecule has 1 atom stereocenters. The molecule has 3 N–H and O–H groups in total. The molecule has 0 aliphatic carbocycles. The smallest absolute Gasteiger partial charge is 0.269 e. The van der Waals surface area contributed by atoms with Gasteiger partial charge in [-0.3, -0.25) is 20.4 Å². The van der Waals surface area contributed by atoms with Crippen LogP contribution in [0.2, 0.25) is 0 Å². The van der Waals surface area contributed by atoms with Crippen LogP contribution < -0.4 is 15.6 Å². The van der Waals surface area contributed by atoms with Crippen LogP contribution >= 0.6 is 0 Å². The number of sulfonamides is 1. The Hall–Kier alpha value is -2.71. The molecule has 0 saturated carbocycles. The van der Waals surface area contributed by atoms with Gasteiger partial charge in [0.1, 0.15) is 6.04 Å². The summed E-state index contributed by atoms with van der Waals surface area (Å²) in [5, 5.41) is 0. The molecule has 2 aromatic carbocycles. The van der Waals surface area contributed by atoms with Crippen molar-refractivity contribution in [2.24, 2.45) is 5.92 Å². The van der Waals surface area contributed by atoms with Gasteiger partial charge in [-0.25, -0.2) is 8.42 Å². The van der Waals surface area contributed by atoms with E-state index in [0.29, 0.717) is 5.56 Å². The van der Waals surface area contributed by atoms with Crippen molar-refractivity contribution >= 4 is 21.8 Å². The van der Waals surface area contributed by atoms with Crippen molar-refractivity contribution in [3.05, 3.63) is 65.7 Å². The predicted molar refractivity (Wildman–Crippen MR) is 116 cm³/mol. The summed E-state index contributed by atoms with van der Waals surface area (Å²) in [6.07, 6.45) is 0. The van der Waals surface area contributed by atoms with Crippen LogP contribution in [0.4, 0.5) is 0 Å². The fourth-order valence-corrected chi connectivity index (χ4v) is 4.08. The Morgan fingerprint density at radius 2 is 1.43 bits per heavy atom. The molecular weight excluding hydrogens is 402 g/mol. The van der Waals surface area contributed by atoms with E-state index in [4.69, 9.17) is 0 Å². The summed E-state index contributed by atoms with van der Waals surface area (Å²) in [5.74, 6) is -1.48. The topological polar surface area (TPSA) is 104 Å². The molecular formula is C22H29N3O4S. The van der Waals surface area contributed by atoms with Crippen LogP contribution in [0.15, 0.2) is 59.5 Å². The second kappa shape index (κ2) is 9.40. The number of rotatable bonds is 6. The van der Waals surface area contributed by atoms with Gasteiger partial charge in [0, 0.05) is 5.56 Å². The standard InChI is InChI=1S/C22H29N3O4S/c1-15(2)19(25-30(28,29)18-9-7-6-8-10-18)21(27)24-23-20(26)16-11-13-17(14-12-16)22(3,4)5/h6-15,19,25H,1-5H3,(H,23,26)(H,24,27)/t19-/m0/s1. The number of hydrazine groups is 1. The van der Waals surface area contributed by atoms with Gasteiger partial charge >= 0.3 is 0 Å². The molecule has 0 spiro atoms. The first-order chi connectivity index (χ1) is 13.9. The van der Waals surface area contributed by atoms with Crippen molar-refractivity contribution in [3.63, 3.8) is 0 Å². The molecule has 30 heavy (non-hydrogen) atoms. The van der Waals surface area contributed by atoms with Gasteiger partial charge in [0.2, 0.25) is 10.0 Å². The van der Waals surface area contributed by atoms with Crippen LogP contribution in [-0.4, -0.2) is 26.3 Å². The Balaban J connectivity index is 2.04. The zero-order valence-corrected chi connectivity index (χ0v) is 18.7. The molecule has 0 aliphatic rings. The fraction of sp³-hybridized carbons (Fsp3) is 0.364. The number of amides is 2. The molecule has 2 aromatic rings. The van der Waals surface area contributed by atoms with E-state index in [1.54, 1.807) is 44.2 Å². The molecule has 7 nitrogen and oxygen atoms in total. The van der Waals surface area contributed by atoms with Crippen molar-refractivity contribution in [1.82, 2.24) is 15.6 Å². The molecule has 0 aliphatic heterocycles. The molecule has 0 bridgehead atoms. The highest BCUT2D eigenvalue weighted by Crippen LogP contribution is 2.22. The van der Waals surface area contributed by atoms with Gasteiger partial charge in [0.15, 0.2) is 0 Å². The van der Waals surface area contributed by atoms with Gasteiger partial charge in [-0.1, -0.05) is 65.0 Å². The maximum atomic E-state index is 12.6. The Kier molecular flexibility index (Phi) is 7.39. The highest BCUT2D eigenvalue weighted by atomic mass is 32.2. The summed E-state index contributed by atoms with van der Waals surface area (Å²) in [4.78, 5) is 25.0. The van der Waals surface area contributed by atoms with Crippen molar-refractivity contribution in [1.29, 1.82) is 0 Å². The second-order valence-corrected chi connectivity index (χ2v) is 10.1. The molecule has 162 valence electrons. The van der Waals surface area contributed by atoms with Crippen LogP contribution in [0.3, 0.4) is 0 Å². The van der Waals surface area contributed by atoms with Crippen molar-refractivity contribution < 1.29 is 18.0 Å². The number of carbonyl (C=O) groups excluding carboxylic acids is 2. The summed E-state index contributed by atoms with van der Waals surface area (Å²) >= 11 is 0. The summed E-state index contributed by atoms with van der Waals surface area (Å²) in [6, 6.07) is 13.8. The second-order valence-electron chi connectivity index (χ2n) is 8.43. The first-order valence-electron chi connectivity index (χ1n) is 9.70. The zero-order valence-electron chi connectivity index (χ0n) is 17.9. The van der Waals surface area contributed by atoms with Crippen LogP contribution in [0, 0.1) is 5.92 Å². The minimum atomic E-state index is -3.88. The first kappa shape index (κ1) is 23.6. The normalized spacial score (nSPS) is 13.0.